The highest BCUT2D eigenvalue weighted by molar-refractivity contribution is 5.66. The SMILES string of the molecule is CC1=CN=CC(OC2CC2)C1. The third kappa shape index (κ3) is 1.90. The topological polar surface area (TPSA) is 21.6 Å². The van der Waals surface area contributed by atoms with Crippen LogP contribution in [0.15, 0.2) is 16.8 Å². The van der Waals surface area contributed by atoms with Crippen LogP contribution in [0.1, 0.15) is 26.2 Å². The zero-order chi connectivity index (χ0) is 7.68. The van der Waals surface area contributed by atoms with Crippen LogP contribution in [0.2, 0.25) is 0 Å². The third-order valence-electron chi connectivity index (χ3n) is 1.96. The van der Waals surface area contributed by atoms with Gasteiger partial charge in [-0.1, -0.05) is 5.57 Å². The van der Waals surface area contributed by atoms with Crippen molar-refractivity contribution in [2.75, 3.05) is 0 Å². The van der Waals surface area contributed by atoms with Gasteiger partial charge in [0, 0.05) is 18.8 Å². The smallest absolute Gasteiger partial charge is 0.0967 e. The molecule has 2 rings (SSSR count). The molecule has 1 aliphatic carbocycles. The lowest BCUT2D eigenvalue weighted by molar-refractivity contribution is 0.0859. The first kappa shape index (κ1) is 7.04. The van der Waals surface area contributed by atoms with Crippen molar-refractivity contribution < 1.29 is 4.74 Å². The molecule has 1 saturated carbocycles. The molecule has 2 nitrogen and oxygen atoms in total. The standard InChI is InChI=1S/C9H13NO/c1-7-4-9(6-10-5-7)11-8-2-3-8/h5-6,8-9H,2-4H2,1H3. The molecule has 1 unspecified atom stereocenters. The normalized spacial score (nSPS) is 30.3. The van der Waals surface area contributed by atoms with Gasteiger partial charge >= 0.3 is 0 Å². The summed E-state index contributed by atoms with van der Waals surface area (Å²) in [6, 6.07) is 0. The maximum absolute atomic E-state index is 5.68. The molecule has 2 aliphatic rings. The van der Waals surface area contributed by atoms with Gasteiger partial charge in [-0.15, -0.1) is 0 Å². The zero-order valence-corrected chi connectivity index (χ0v) is 6.79. The Hall–Kier alpha value is -0.630. The molecule has 1 heterocycles. The molecule has 0 saturated heterocycles. The molecule has 0 aromatic rings. The number of nitrogens with zero attached hydrogens (tertiary/aromatic N) is 1. The monoisotopic (exact) mass is 151 g/mol. The number of ether oxygens (including phenoxy) is 1. The van der Waals surface area contributed by atoms with E-state index in [9.17, 15) is 0 Å². The highest BCUT2D eigenvalue weighted by Crippen LogP contribution is 2.26. The molecule has 0 aromatic heterocycles. The van der Waals surface area contributed by atoms with Gasteiger partial charge in [0.15, 0.2) is 0 Å². The van der Waals surface area contributed by atoms with Crippen molar-refractivity contribution >= 4 is 6.21 Å². The second-order valence-electron chi connectivity index (χ2n) is 3.35. The quantitative estimate of drug-likeness (QED) is 0.590. The molecular weight excluding hydrogens is 138 g/mol. The minimum Gasteiger partial charge on any atom is -0.369 e. The summed E-state index contributed by atoms with van der Waals surface area (Å²) in [7, 11) is 0. The third-order valence-corrected chi connectivity index (χ3v) is 1.96. The molecule has 1 atom stereocenters. The van der Waals surface area contributed by atoms with Gasteiger partial charge in [-0.3, -0.25) is 4.99 Å². The molecular formula is C9H13NO. The average molecular weight is 151 g/mol. The van der Waals surface area contributed by atoms with Crippen molar-refractivity contribution in [1.29, 1.82) is 0 Å². The second-order valence-corrected chi connectivity index (χ2v) is 3.35. The molecule has 60 valence electrons. The summed E-state index contributed by atoms with van der Waals surface area (Å²) < 4.78 is 5.68. The predicted molar refractivity (Wildman–Crippen MR) is 44.8 cm³/mol. The maximum Gasteiger partial charge on any atom is 0.0967 e. The Bertz CT molecular complexity index is 204. The Kier molecular flexibility index (Phi) is 1.78. The molecule has 1 aliphatic heterocycles. The van der Waals surface area contributed by atoms with Crippen LogP contribution in [0.25, 0.3) is 0 Å². The predicted octanol–water partition coefficient (Wildman–Crippen LogP) is 1.91. The van der Waals surface area contributed by atoms with E-state index in [1.165, 1.54) is 18.4 Å². The highest BCUT2D eigenvalue weighted by atomic mass is 16.5. The minimum atomic E-state index is 0.257. The number of hydrogen-bond donors (Lipinski definition) is 0. The van der Waals surface area contributed by atoms with Crippen molar-refractivity contribution in [2.24, 2.45) is 4.99 Å². The van der Waals surface area contributed by atoms with E-state index in [4.69, 9.17) is 4.74 Å². The van der Waals surface area contributed by atoms with Crippen molar-refractivity contribution in [3.63, 3.8) is 0 Å². The second kappa shape index (κ2) is 2.78. The Balaban J connectivity index is 1.86. The molecule has 0 spiro atoms. The summed E-state index contributed by atoms with van der Waals surface area (Å²) in [5, 5.41) is 0. The van der Waals surface area contributed by atoms with Crippen LogP contribution in [0.5, 0.6) is 0 Å². The van der Waals surface area contributed by atoms with Crippen molar-refractivity contribution in [3.8, 4) is 0 Å². The van der Waals surface area contributed by atoms with Gasteiger partial charge in [0.25, 0.3) is 0 Å². The van der Waals surface area contributed by atoms with Gasteiger partial charge in [-0.2, -0.15) is 0 Å². The fourth-order valence-corrected chi connectivity index (χ4v) is 1.22. The molecule has 0 radical (unpaired) electrons. The minimum absolute atomic E-state index is 0.257. The zero-order valence-electron chi connectivity index (χ0n) is 6.79. The van der Waals surface area contributed by atoms with E-state index in [1.807, 2.05) is 12.4 Å². The summed E-state index contributed by atoms with van der Waals surface area (Å²) >= 11 is 0. The van der Waals surface area contributed by atoms with E-state index in [0.29, 0.717) is 6.10 Å². The molecule has 0 N–H and O–H groups in total. The van der Waals surface area contributed by atoms with Gasteiger partial charge < -0.3 is 4.74 Å². The summed E-state index contributed by atoms with van der Waals surface area (Å²) in [5.41, 5.74) is 1.32. The fourth-order valence-electron chi connectivity index (χ4n) is 1.22. The number of hydrogen-bond acceptors (Lipinski definition) is 2. The van der Waals surface area contributed by atoms with Crippen LogP contribution in [0.4, 0.5) is 0 Å². The molecule has 1 fully saturated rings. The summed E-state index contributed by atoms with van der Waals surface area (Å²) in [4.78, 5) is 4.11. The van der Waals surface area contributed by atoms with Crippen LogP contribution in [-0.4, -0.2) is 18.4 Å². The first-order valence-corrected chi connectivity index (χ1v) is 4.19. The van der Waals surface area contributed by atoms with E-state index in [0.717, 1.165) is 6.42 Å². The van der Waals surface area contributed by atoms with Crippen LogP contribution in [-0.2, 0) is 4.74 Å². The van der Waals surface area contributed by atoms with E-state index >= 15 is 0 Å². The van der Waals surface area contributed by atoms with Crippen molar-refractivity contribution in [3.05, 3.63) is 11.8 Å². The summed E-state index contributed by atoms with van der Waals surface area (Å²) in [6.07, 6.45) is 8.13. The van der Waals surface area contributed by atoms with Gasteiger partial charge in [-0.25, -0.2) is 0 Å². The van der Waals surface area contributed by atoms with Crippen LogP contribution < -0.4 is 0 Å². The molecule has 2 heteroatoms. The first-order valence-electron chi connectivity index (χ1n) is 4.19. The van der Waals surface area contributed by atoms with Crippen LogP contribution >= 0.6 is 0 Å². The lowest BCUT2D eigenvalue weighted by atomic mass is 10.1. The Morgan fingerprint density at radius 1 is 1.55 bits per heavy atom. The largest absolute Gasteiger partial charge is 0.369 e. The summed E-state index contributed by atoms with van der Waals surface area (Å²) in [5.74, 6) is 0. The molecule has 11 heavy (non-hydrogen) atoms. The fraction of sp³-hybridized carbons (Fsp3) is 0.667. The van der Waals surface area contributed by atoms with E-state index in [2.05, 4.69) is 11.9 Å². The van der Waals surface area contributed by atoms with Gasteiger partial charge in [0.1, 0.15) is 0 Å². The molecule has 0 amide bonds. The highest BCUT2D eigenvalue weighted by Gasteiger charge is 2.26. The van der Waals surface area contributed by atoms with Crippen molar-refractivity contribution in [2.45, 2.75) is 38.4 Å². The first-order chi connectivity index (χ1) is 5.34. The van der Waals surface area contributed by atoms with Gasteiger partial charge in [-0.05, 0) is 19.8 Å². The molecule has 0 bridgehead atoms. The van der Waals surface area contributed by atoms with Gasteiger partial charge in [0.2, 0.25) is 0 Å². The van der Waals surface area contributed by atoms with E-state index in [1.54, 1.807) is 0 Å². The Morgan fingerprint density at radius 2 is 2.36 bits per heavy atom. The molecule has 0 aromatic carbocycles. The Morgan fingerprint density at radius 3 is 3.00 bits per heavy atom. The lowest BCUT2D eigenvalue weighted by Crippen LogP contribution is -2.18. The lowest BCUT2D eigenvalue weighted by Gasteiger charge is -2.15. The van der Waals surface area contributed by atoms with Crippen molar-refractivity contribution in [1.82, 2.24) is 0 Å². The number of aliphatic imine (C=N–C) groups is 1. The summed E-state index contributed by atoms with van der Waals surface area (Å²) in [6.45, 7) is 2.10. The maximum atomic E-state index is 5.68. The van der Waals surface area contributed by atoms with Crippen LogP contribution in [0, 0.1) is 0 Å². The average Bonchev–Trinajstić information content (AvgIpc) is 2.71. The number of rotatable bonds is 2. The van der Waals surface area contributed by atoms with E-state index < -0.39 is 0 Å². The van der Waals surface area contributed by atoms with Crippen LogP contribution in [0.3, 0.4) is 0 Å². The Labute approximate surface area is 67.0 Å². The van der Waals surface area contributed by atoms with Gasteiger partial charge in [0.05, 0.1) is 12.2 Å². The van der Waals surface area contributed by atoms with E-state index in [-0.39, 0.29) is 6.10 Å².